The van der Waals surface area contributed by atoms with Crippen molar-refractivity contribution in [2.45, 2.75) is 25.4 Å². The number of piperidine rings is 1. The van der Waals surface area contributed by atoms with Crippen LogP contribution in [0.4, 0.5) is 0 Å². The standard InChI is InChI=1S/C14H16ClN3O2S/c15-12-8-16-13(21-12)9-17-6-3-10(4-7-17)18-5-1-2-11(18)14(19)20/h1-2,5,8,10H,3-4,6-7,9H2,(H,19,20). The van der Waals surface area contributed by atoms with E-state index in [9.17, 15) is 9.90 Å². The number of thiazole rings is 1. The van der Waals surface area contributed by atoms with Crippen LogP contribution in [0.5, 0.6) is 0 Å². The van der Waals surface area contributed by atoms with Crippen LogP contribution < -0.4 is 0 Å². The molecule has 1 aliphatic heterocycles. The van der Waals surface area contributed by atoms with E-state index in [-0.39, 0.29) is 6.04 Å². The van der Waals surface area contributed by atoms with Crippen molar-refractivity contribution in [3.05, 3.63) is 39.6 Å². The van der Waals surface area contributed by atoms with Crippen LogP contribution in [0.1, 0.15) is 34.4 Å². The van der Waals surface area contributed by atoms with Crippen molar-refractivity contribution in [2.75, 3.05) is 13.1 Å². The van der Waals surface area contributed by atoms with Crippen molar-refractivity contribution in [3.63, 3.8) is 0 Å². The number of carboxylic acids is 1. The largest absolute Gasteiger partial charge is 0.477 e. The van der Waals surface area contributed by atoms with Crippen molar-refractivity contribution in [1.82, 2.24) is 14.5 Å². The Morgan fingerprint density at radius 2 is 2.24 bits per heavy atom. The first-order chi connectivity index (χ1) is 10.1. The molecule has 0 saturated carbocycles. The van der Waals surface area contributed by atoms with Crippen molar-refractivity contribution < 1.29 is 9.90 Å². The van der Waals surface area contributed by atoms with Gasteiger partial charge in [-0.2, -0.15) is 0 Å². The fourth-order valence-electron chi connectivity index (χ4n) is 2.80. The van der Waals surface area contributed by atoms with Gasteiger partial charge in [0, 0.05) is 25.3 Å². The fraction of sp³-hybridized carbons (Fsp3) is 0.429. The smallest absolute Gasteiger partial charge is 0.352 e. The molecule has 3 rings (SSSR count). The highest BCUT2D eigenvalue weighted by Crippen LogP contribution is 2.27. The highest BCUT2D eigenvalue weighted by molar-refractivity contribution is 7.15. The predicted molar refractivity (Wildman–Crippen MR) is 82.1 cm³/mol. The highest BCUT2D eigenvalue weighted by Gasteiger charge is 2.23. The van der Waals surface area contributed by atoms with Crippen molar-refractivity contribution in [1.29, 1.82) is 0 Å². The second-order valence-corrected chi connectivity index (χ2v) is 6.92. The van der Waals surface area contributed by atoms with E-state index in [1.54, 1.807) is 18.3 Å². The molecule has 112 valence electrons. The summed E-state index contributed by atoms with van der Waals surface area (Å²) in [5.41, 5.74) is 0.375. The summed E-state index contributed by atoms with van der Waals surface area (Å²) in [6, 6.07) is 3.72. The van der Waals surface area contributed by atoms with E-state index in [1.807, 2.05) is 10.8 Å². The van der Waals surface area contributed by atoms with E-state index >= 15 is 0 Å². The number of aromatic carboxylic acids is 1. The SMILES string of the molecule is O=C(O)c1cccn1C1CCN(Cc2ncc(Cl)s2)CC1. The molecule has 0 bridgehead atoms. The molecular formula is C14H16ClN3O2S. The van der Waals surface area contributed by atoms with Gasteiger partial charge in [-0.05, 0) is 25.0 Å². The Morgan fingerprint density at radius 1 is 1.48 bits per heavy atom. The summed E-state index contributed by atoms with van der Waals surface area (Å²) < 4.78 is 2.61. The third kappa shape index (κ3) is 3.28. The lowest BCUT2D eigenvalue weighted by Gasteiger charge is -2.32. The molecule has 0 unspecified atom stereocenters. The first-order valence-electron chi connectivity index (χ1n) is 6.86. The average Bonchev–Trinajstić information content (AvgIpc) is 3.09. The van der Waals surface area contributed by atoms with Gasteiger partial charge in [-0.1, -0.05) is 11.6 Å². The minimum atomic E-state index is -0.861. The zero-order valence-corrected chi connectivity index (χ0v) is 13.0. The topological polar surface area (TPSA) is 58.4 Å². The van der Waals surface area contributed by atoms with Gasteiger partial charge >= 0.3 is 5.97 Å². The van der Waals surface area contributed by atoms with E-state index in [2.05, 4.69) is 9.88 Å². The molecule has 1 fully saturated rings. The molecule has 2 aromatic heterocycles. The lowest BCUT2D eigenvalue weighted by Crippen LogP contribution is -2.34. The molecule has 1 aliphatic rings. The Bertz CT molecular complexity index is 632. The molecule has 21 heavy (non-hydrogen) atoms. The molecule has 1 N–H and O–H groups in total. The van der Waals surface area contributed by atoms with Gasteiger partial charge in [0.1, 0.15) is 15.0 Å². The molecular weight excluding hydrogens is 310 g/mol. The quantitative estimate of drug-likeness (QED) is 0.938. The van der Waals surface area contributed by atoms with Crippen molar-refractivity contribution >= 4 is 28.9 Å². The van der Waals surface area contributed by atoms with Crippen molar-refractivity contribution in [2.24, 2.45) is 0 Å². The van der Waals surface area contributed by atoms with E-state index in [1.165, 1.54) is 11.3 Å². The Morgan fingerprint density at radius 3 is 2.86 bits per heavy atom. The number of halogens is 1. The fourth-order valence-corrected chi connectivity index (χ4v) is 3.80. The summed E-state index contributed by atoms with van der Waals surface area (Å²) in [5, 5.41) is 10.2. The predicted octanol–water partition coefficient (Wildman–Crippen LogP) is 3.13. The third-order valence-electron chi connectivity index (χ3n) is 3.83. The van der Waals surface area contributed by atoms with Crippen LogP contribution in [0.25, 0.3) is 0 Å². The molecule has 5 nitrogen and oxygen atoms in total. The maximum Gasteiger partial charge on any atom is 0.352 e. The number of aromatic nitrogens is 2. The number of rotatable bonds is 4. The lowest BCUT2D eigenvalue weighted by molar-refractivity contribution is 0.0678. The summed E-state index contributed by atoms with van der Waals surface area (Å²) in [6.07, 6.45) is 5.46. The molecule has 7 heteroatoms. The van der Waals surface area contributed by atoms with Gasteiger partial charge in [0.25, 0.3) is 0 Å². The minimum absolute atomic E-state index is 0.266. The Balaban J connectivity index is 1.60. The van der Waals surface area contributed by atoms with E-state index < -0.39 is 5.97 Å². The highest BCUT2D eigenvalue weighted by atomic mass is 35.5. The van der Waals surface area contributed by atoms with Crippen LogP contribution >= 0.6 is 22.9 Å². The molecule has 0 amide bonds. The maximum atomic E-state index is 11.2. The van der Waals surface area contributed by atoms with Gasteiger partial charge in [0.2, 0.25) is 0 Å². The van der Waals surface area contributed by atoms with Gasteiger partial charge in [-0.3, -0.25) is 4.90 Å². The Kier molecular flexibility index (Phi) is 4.28. The number of carbonyl (C=O) groups is 1. The van der Waals surface area contributed by atoms with Crippen LogP contribution in [0.2, 0.25) is 4.34 Å². The monoisotopic (exact) mass is 325 g/mol. The zero-order chi connectivity index (χ0) is 14.8. The summed E-state index contributed by atoms with van der Waals surface area (Å²) in [7, 11) is 0. The van der Waals surface area contributed by atoms with Gasteiger partial charge in [0.15, 0.2) is 0 Å². The first kappa shape index (κ1) is 14.6. The summed E-state index contributed by atoms with van der Waals surface area (Å²) >= 11 is 7.41. The van der Waals surface area contributed by atoms with Crippen LogP contribution in [-0.2, 0) is 6.54 Å². The summed E-state index contributed by atoms with van der Waals surface area (Å²) in [5.74, 6) is -0.861. The molecule has 0 atom stereocenters. The van der Waals surface area contributed by atoms with Crippen LogP contribution in [0.15, 0.2) is 24.5 Å². The van der Waals surface area contributed by atoms with Crippen LogP contribution in [0.3, 0.4) is 0 Å². The summed E-state index contributed by atoms with van der Waals surface area (Å²) in [4.78, 5) is 17.8. The normalized spacial score (nSPS) is 17.2. The minimum Gasteiger partial charge on any atom is -0.477 e. The maximum absolute atomic E-state index is 11.2. The second kappa shape index (κ2) is 6.17. The number of likely N-dealkylation sites (tertiary alicyclic amines) is 1. The van der Waals surface area contributed by atoms with E-state index in [0.29, 0.717) is 5.69 Å². The van der Waals surface area contributed by atoms with Crippen molar-refractivity contribution in [3.8, 4) is 0 Å². The molecule has 2 aromatic rings. The molecule has 0 radical (unpaired) electrons. The lowest BCUT2D eigenvalue weighted by atomic mass is 10.0. The van der Waals surface area contributed by atoms with E-state index in [0.717, 1.165) is 41.8 Å². The van der Waals surface area contributed by atoms with Crippen LogP contribution in [0, 0.1) is 0 Å². The first-order valence-corrected chi connectivity index (χ1v) is 8.05. The number of carboxylic acid groups (broad SMARTS) is 1. The molecule has 0 aromatic carbocycles. The molecule has 3 heterocycles. The summed E-state index contributed by atoms with van der Waals surface area (Å²) in [6.45, 7) is 2.71. The molecule has 0 aliphatic carbocycles. The number of nitrogens with zero attached hydrogens (tertiary/aromatic N) is 3. The van der Waals surface area contributed by atoms with E-state index in [4.69, 9.17) is 11.6 Å². The molecule has 1 saturated heterocycles. The number of hydrogen-bond acceptors (Lipinski definition) is 4. The third-order valence-corrected chi connectivity index (χ3v) is 4.93. The van der Waals surface area contributed by atoms with Gasteiger partial charge in [-0.25, -0.2) is 9.78 Å². The second-order valence-electron chi connectivity index (χ2n) is 5.17. The average molecular weight is 326 g/mol. The van der Waals surface area contributed by atoms with Crippen LogP contribution in [-0.4, -0.2) is 38.6 Å². The van der Waals surface area contributed by atoms with Gasteiger partial charge < -0.3 is 9.67 Å². The number of hydrogen-bond donors (Lipinski definition) is 1. The zero-order valence-electron chi connectivity index (χ0n) is 11.4. The Hall–Kier alpha value is -1.37. The molecule has 0 spiro atoms. The van der Waals surface area contributed by atoms with Gasteiger partial charge in [0.05, 0.1) is 12.7 Å². The Labute approximate surface area is 131 Å². The van der Waals surface area contributed by atoms with Gasteiger partial charge in [-0.15, -0.1) is 11.3 Å².